The molecule has 0 aromatic rings. The number of amides is 1. The first kappa shape index (κ1) is 13.7. The quantitative estimate of drug-likeness (QED) is 0.568. The molecule has 6 nitrogen and oxygen atoms in total. The molecule has 0 heterocycles. The first-order valence-corrected chi connectivity index (χ1v) is 5.85. The lowest BCUT2D eigenvalue weighted by atomic mass is 9.87. The Bertz CT molecular complexity index is 324. The maximum atomic E-state index is 11.3. The molecule has 0 radical (unpaired) electrons. The molecule has 1 rings (SSSR count). The van der Waals surface area contributed by atoms with Gasteiger partial charge in [-0.15, -0.1) is 12.6 Å². The van der Waals surface area contributed by atoms with Crippen molar-refractivity contribution in [3.63, 3.8) is 0 Å². The predicted octanol–water partition coefficient (Wildman–Crippen LogP) is 1.04. The van der Waals surface area contributed by atoms with E-state index in [9.17, 15) is 9.59 Å². The fourth-order valence-electron chi connectivity index (χ4n) is 1.76. The highest BCUT2D eigenvalue weighted by atomic mass is 32.1. The minimum atomic E-state index is -0.782. The van der Waals surface area contributed by atoms with Gasteiger partial charge in [0.1, 0.15) is 11.9 Å². The number of aliphatic carboxylic acids is 1. The summed E-state index contributed by atoms with van der Waals surface area (Å²) >= 11 is 3.77. The topological polar surface area (TPSA) is 102 Å². The third kappa shape index (κ3) is 4.56. The number of carboxylic acids is 1. The smallest absolute Gasteiger partial charge is 0.413 e. The highest BCUT2D eigenvalue weighted by Crippen LogP contribution is 2.26. The second-order valence-electron chi connectivity index (χ2n) is 3.93. The number of nitrogens with one attached hydrogen (secondary N) is 1. The summed E-state index contributed by atoms with van der Waals surface area (Å²) in [4.78, 5) is 22.0. The molecular weight excluding hydrogens is 244 g/mol. The number of hydrogen-bond acceptors (Lipinski definition) is 5. The number of carbonyl (C=O) groups excluding carboxylic acids is 1. The van der Waals surface area contributed by atoms with Gasteiger partial charge < -0.3 is 15.6 Å². The van der Waals surface area contributed by atoms with Crippen molar-refractivity contribution >= 4 is 24.7 Å². The third-order valence-electron chi connectivity index (χ3n) is 2.68. The summed E-state index contributed by atoms with van der Waals surface area (Å²) in [6.45, 7) is 0. The third-order valence-corrected chi connectivity index (χ3v) is 2.96. The molecule has 1 aliphatic rings. The van der Waals surface area contributed by atoms with E-state index < -0.39 is 12.1 Å². The van der Waals surface area contributed by atoms with Crippen LogP contribution in [0.25, 0.3) is 0 Å². The number of rotatable bonds is 3. The molecular formula is C10H16N2O4S. The Morgan fingerprint density at radius 1 is 1.35 bits per heavy atom. The van der Waals surface area contributed by atoms with E-state index in [1.807, 2.05) is 0 Å². The maximum Gasteiger partial charge on any atom is 0.413 e. The number of hydrogen-bond donors (Lipinski definition) is 4. The molecule has 0 unspecified atom stereocenters. The summed E-state index contributed by atoms with van der Waals surface area (Å²) < 4.78 is 5.09. The summed E-state index contributed by atoms with van der Waals surface area (Å²) in [6, 6.07) is 0. The Hall–Kier alpha value is -1.37. The van der Waals surface area contributed by atoms with E-state index in [-0.39, 0.29) is 17.8 Å². The fraction of sp³-hybridized carbons (Fsp3) is 0.600. The summed E-state index contributed by atoms with van der Waals surface area (Å²) in [7, 11) is 0. The second-order valence-corrected chi connectivity index (χ2v) is 4.18. The van der Waals surface area contributed by atoms with Crippen LogP contribution in [-0.2, 0) is 9.53 Å². The van der Waals surface area contributed by atoms with Gasteiger partial charge in [-0.25, -0.2) is 4.79 Å². The zero-order valence-corrected chi connectivity index (χ0v) is 10.2. The van der Waals surface area contributed by atoms with Gasteiger partial charge in [-0.2, -0.15) is 0 Å². The lowest BCUT2D eigenvalue weighted by Gasteiger charge is -2.25. The summed E-state index contributed by atoms with van der Waals surface area (Å²) in [5, 5.41) is 12.4. The van der Waals surface area contributed by atoms with E-state index in [0.717, 1.165) is 0 Å². The first-order chi connectivity index (χ1) is 8.02. The molecule has 1 amide bonds. The van der Waals surface area contributed by atoms with E-state index in [0.29, 0.717) is 25.7 Å². The van der Waals surface area contributed by atoms with E-state index in [2.05, 4.69) is 17.9 Å². The van der Waals surface area contributed by atoms with Crippen LogP contribution in [0, 0.1) is 5.92 Å². The average Bonchev–Trinajstić information content (AvgIpc) is 2.29. The molecule has 0 bridgehead atoms. The fourth-order valence-corrected chi connectivity index (χ4v) is 1.82. The number of nitrogens with two attached hydrogens (primary N) is 1. The van der Waals surface area contributed by atoms with Gasteiger partial charge in [0.05, 0.1) is 5.92 Å². The normalized spacial score (nSPS) is 25.1. The van der Waals surface area contributed by atoms with Crippen molar-refractivity contribution in [2.45, 2.75) is 31.8 Å². The number of carbonyl (C=O) groups is 2. The van der Waals surface area contributed by atoms with E-state index in [4.69, 9.17) is 15.6 Å². The molecule has 96 valence electrons. The van der Waals surface area contributed by atoms with Crippen LogP contribution in [0.5, 0.6) is 0 Å². The van der Waals surface area contributed by atoms with Crippen molar-refractivity contribution < 1.29 is 19.4 Å². The maximum absolute atomic E-state index is 11.3. The zero-order valence-electron chi connectivity index (χ0n) is 9.26. The molecule has 1 fully saturated rings. The van der Waals surface area contributed by atoms with Crippen LogP contribution >= 0.6 is 12.6 Å². The molecule has 0 aliphatic heterocycles. The van der Waals surface area contributed by atoms with Gasteiger partial charge in [0.25, 0.3) is 0 Å². The highest BCUT2D eigenvalue weighted by Gasteiger charge is 2.27. The van der Waals surface area contributed by atoms with Gasteiger partial charge in [0.15, 0.2) is 0 Å². The number of carboxylic acid groups (broad SMARTS) is 1. The Labute approximate surface area is 105 Å². The zero-order chi connectivity index (χ0) is 12.8. The predicted molar refractivity (Wildman–Crippen MR) is 64.3 cm³/mol. The summed E-state index contributed by atoms with van der Waals surface area (Å²) in [6.07, 6.45) is 1.32. The van der Waals surface area contributed by atoms with Gasteiger partial charge in [0, 0.05) is 5.41 Å². The van der Waals surface area contributed by atoms with Crippen molar-refractivity contribution in [3.05, 3.63) is 11.2 Å². The first-order valence-electron chi connectivity index (χ1n) is 5.33. The van der Waals surface area contributed by atoms with Crippen LogP contribution in [0.1, 0.15) is 25.7 Å². The van der Waals surface area contributed by atoms with Crippen LogP contribution in [-0.4, -0.2) is 23.3 Å². The Kier molecular flexibility index (Phi) is 5.14. The molecule has 0 spiro atoms. The van der Waals surface area contributed by atoms with Crippen LogP contribution in [0.2, 0.25) is 0 Å². The van der Waals surface area contributed by atoms with Gasteiger partial charge in [-0.3, -0.25) is 10.1 Å². The second kappa shape index (κ2) is 6.39. The number of thiol groups is 1. The SMILES string of the molecule is N/C(=C\S)NC(=O)OC1CCC(C(=O)O)CC1. The van der Waals surface area contributed by atoms with Crippen molar-refractivity contribution in [1.29, 1.82) is 0 Å². The largest absolute Gasteiger partial charge is 0.481 e. The molecule has 7 heteroatoms. The monoisotopic (exact) mass is 260 g/mol. The molecule has 0 saturated heterocycles. The molecule has 4 N–H and O–H groups in total. The van der Waals surface area contributed by atoms with Crippen LogP contribution in [0.3, 0.4) is 0 Å². The lowest BCUT2D eigenvalue weighted by molar-refractivity contribution is -0.143. The van der Waals surface area contributed by atoms with Gasteiger partial charge >= 0.3 is 12.1 Å². The molecule has 0 atom stereocenters. The lowest BCUT2D eigenvalue weighted by Crippen LogP contribution is -2.34. The number of ether oxygens (including phenoxy) is 1. The van der Waals surface area contributed by atoms with Gasteiger partial charge in [-0.1, -0.05) is 0 Å². The van der Waals surface area contributed by atoms with Crippen molar-refractivity contribution in [1.82, 2.24) is 5.32 Å². The molecule has 1 aliphatic carbocycles. The molecule has 1 saturated carbocycles. The van der Waals surface area contributed by atoms with E-state index >= 15 is 0 Å². The Morgan fingerprint density at radius 3 is 2.41 bits per heavy atom. The average molecular weight is 260 g/mol. The summed E-state index contributed by atoms with van der Waals surface area (Å²) in [5.74, 6) is -0.993. The number of alkyl carbamates (subject to hydrolysis) is 1. The van der Waals surface area contributed by atoms with E-state index in [1.54, 1.807) is 0 Å². The van der Waals surface area contributed by atoms with Crippen LogP contribution < -0.4 is 11.1 Å². The van der Waals surface area contributed by atoms with Crippen molar-refractivity contribution in [2.75, 3.05) is 0 Å². The van der Waals surface area contributed by atoms with Gasteiger partial charge in [0.2, 0.25) is 0 Å². The van der Waals surface area contributed by atoms with Crippen LogP contribution in [0.15, 0.2) is 11.2 Å². The van der Waals surface area contributed by atoms with Crippen LogP contribution in [0.4, 0.5) is 4.79 Å². The molecule has 17 heavy (non-hydrogen) atoms. The molecule has 0 aromatic carbocycles. The molecule has 0 aromatic heterocycles. The Morgan fingerprint density at radius 2 is 1.94 bits per heavy atom. The minimum Gasteiger partial charge on any atom is -0.481 e. The van der Waals surface area contributed by atoms with Gasteiger partial charge in [-0.05, 0) is 25.7 Å². The summed E-state index contributed by atoms with van der Waals surface area (Å²) in [5.41, 5.74) is 5.34. The standard InChI is InChI=1S/C10H16N2O4S/c11-8(5-17)12-10(15)16-7-3-1-6(2-4-7)9(13)14/h5-7,17H,1-4,11H2,(H,12,15)(H,13,14)/b8-5+. The van der Waals surface area contributed by atoms with Crippen molar-refractivity contribution in [3.8, 4) is 0 Å². The van der Waals surface area contributed by atoms with Crippen molar-refractivity contribution in [2.24, 2.45) is 11.7 Å². The highest BCUT2D eigenvalue weighted by molar-refractivity contribution is 7.83. The minimum absolute atomic E-state index is 0.109. The Balaban J connectivity index is 2.31. The van der Waals surface area contributed by atoms with E-state index in [1.165, 1.54) is 5.41 Å².